The van der Waals surface area contributed by atoms with Gasteiger partial charge in [-0.25, -0.2) is 0 Å². The van der Waals surface area contributed by atoms with Gasteiger partial charge in [0.1, 0.15) is 30.1 Å². The van der Waals surface area contributed by atoms with Crippen molar-refractivity contribution < 1.29 is 22.6 Å². The number of alkyl halides is 3. The van der Waals surface area contributed by atoms with Crippen molar-refractivity contribution in [2.24, 2.45) is 0 Å². The average Bonchev–Trinajstić information content (AvgIpc) is 2.76. The first kappa shape index (κ1) is 25.6. The smallest absolute Gasteiger partial charge is 0.402 e. The molecule has 0 fully saturated rings. The Labute approximate surface area is 189 Å². The van der Waals surface area contributed by atoms with Gasteiger partial charge in [-0.15, -0.1) is 0 Å². The highest BCUT2D eigenvalue weighted by atomic mass is 19.4. The topological polar surface area (TPSA) is 18.5 Å². The highest BCUT2D eigenvalue weighted by Gasteiger charge is 2.53. The molecule has 174 valence electrons. The Morgan fingerprint density at radius 1 is 0.781 bits per heavy atom. The van der Waals surface area contributed by atoms with Crippen molar-refractivity contribution in [3.05, 3.63) is 84.0 Å². The molecule has 0 bridgehead atoms. The largest absolute Gasteiger partial charge is 0.489 e. The highest BCUT2D eigenvalue weighted by Crippen LogP contribution is 2.47. The minimum absolute atomic E-state index is 0.196. The molecular formula is C27H33F3O2. The molecule has 0 radical (unpaired) electrons. The SMILES string of the molecule is C=CCOc1ccc(C(C)(c2ccc(OCC=C)c(CCC)c2)C(F)(F)F)cc1CCC. The number of aryl methyl sites for hydroxylation is 2. The van der Waals surface area contributed by atoms with Gasteiger partial charge < -0.3 is 9.47 Å². The molecule has 0 N–H and O–H groups in total. The summed E-state index contributed by atoms with van der Waals surface area (Å²) in [6, 6.07) is 9.60. The molecule has 2 aromatic carbocycles. The van der Waals surface area contributed by atoms with E-state index in [2.05, 4.69) is 13.2 Å². The summed E-state index contributed by atoms with van der Waals surface area (Å²) >= 11 is 0. The summed E-state index contributed by atoms with van der Waals surface area (Å²) in [5.74, 6) is 1.19. The van der Waals surface area contributed by atoms with Crippen LogP contribution in [0.3, 0.4) is 0 Å². The van der Waals surface area contributed by atoms with Crippen molar-refractivity contribution in [1.82, 2.24) is 0 Å². The molecule has 0 unspecified atom stereocenters. The van der Waals surface area contributed by atoms with Crippen LogP contribution in [-0.2, 0) is 18.3 Å². The summed E-state index contributed by atoms with van der Waals surface area (Å²) in [6.07, 6.45) is 1.60. The van der Waals surface area contributed by atoms with E-state index in [1.165, 1.54) is 19.1 Å². The number of ether oxygens (including phenoxy) is 2. The van der Waals surface area contributed by atoms with Crippen LogP contribution >= 0.6 is 0 Å². The van der Waals surface area contributed by atoms with Crippen LogP contribution in [-0.4, -0.2) is 19.4 Å². The van der Waals surface area contributed by atoms with Crippen molar-refractivity contribution >= 4 is 0 Å². The molecule has 0 aliphatic rings. The second kappa shape index (κ2) is 11.3. The molecular weight excluding hydrogens is 413 g/mol. The first-order chi connectivity index (χ1) is 15.2. The lowest BCUT2D eigenvalue weighted by atomic mass is 9.74. The lowest BCUT2D eigenvalue weighted by molar-refractivity contribution is -0.173. The van der Waals surface area contributed by atoms with Crippen LogP contribution in [0.2, 0.25) is 0 Å². The van der Waals surface area contributed by atoms with E-state index < -0.39 is 11.6 Å². The molecule has 0 aliphatic heterocycles. The fourth-order valence-electron chi connectivity index (χ4n) is 3.78. The van der Waals surface area contributed by atoms with Crippen LogP contribution < -0.4 is 9.47 Å². The summed E-state index contributed by atoms with van der Waals surface area (Å²) in [4.78, 5) is 0. The Balaban J connectivity index is 2.64. The highest BCUT2D eigenvalue weighted by molar-refractivity contribution is 5.49. The Hall–Kier alpha value is -2.69. The van der Waals surface area contributed by atoms with Gasteiger partial charge in [0.2, 0.25) is 0 Å². The summed E-state index contributed by atoms with van der Waals surface area (Å²) in [7, 11) is 0. The third-order valence-corrected chi connectivity index (χ3v) is 5.59. The van der Waals surface area contributed by atoms with Gasteiger partial charge in [-0.05, 0) is 54.2 Å². The van der Waals surface area contributed by atoms with Gasteiger partial charge >= 0.3 is 6.18 Å². The Bertz CT molecular complexity index is 850. The molecule has 0 spiro atoms. The quantitative estimate of drug-likeness (QED) is 0.313. The molecule has 0 aliphatic carbocycles. The van der Waals surface area contributed by atoms with Crippen LogP contribution in [0.4, 0.5) is 13.2 Å². The molecule has 5 heteroatoms. The van der Waals surface area contributed by atoms with Gasteiger partial charge in [0.25, 0.3) is 0 Å². The van der Waals surface area contributed by atoms with E-state index >= 15 is 0 Å². The van der Waals surface area contributed by atoms with Crippen molar-refractivity contribution in [2.75, 3.05) is 13.2 Å². The zero-order chi connectivity index (χ0) is 23.8. The molecule has 0 saturated heterocycles. The number of benzene rings is 2. The first-order valence-corrected chi connectivity index (χ1v) is 11.0. The third kappa shape index (κ3) is 5.56. The minimum atomic E-state index is -4.49. The lowest BCUT2D eigenvalue weighted by Crippen LogP contribution is -2.40. The monoisotopic (exact) mass is 446 g/mol. The third-order valence-electron chi connectivity index (χ3n) is 5.59. The molecule has 0 saturated carbocycles. The Morgan fingerprint density at radius 3 is 1.50 bits per heavy atom. The molecule has 0 amide bonds. The maximum atomic E-state index is 14.6. The second-order valence-electron chi connectivity index (χ2n) is 7.97. The second-order valence-corrected chi connectivity index (χ2v) is 7.97. The van der Waals surface area contributed by atoms with Crippen LogP contribution in [0.15, 0.2) is 61.7 Å². The average molecular weight is 447 g/mol. The van der Waals surface area contributed by atoms with Crippen molar-refractivity contribution in [1.29, 1.82) is 0 Å². The Kier molecular flexibility index (Phi) is 8.99. The van der Waals surface area contributed by atoms with Gasteiger partial charge in [0, 0.05) is 0 Å². The van der Waals surface area contributed by atoms with Gasteiger partial charge in [-0.3, -0.25) is 0 Å². The van der Waals surface area contributed by atoms with Gasteiger partial charge in [0.05, 0.1) is 0 Å². The van der Waals surface area contributed by atoms with Gasteiger partial charge in [0.15, 0.2) is 0 Å². The predicted molar refractivity (Wildman–Crippen MR) is 125 cm³/mol. The maximum Gasteiger partial charge on any atom is 0.402 e. The maximum absolute atomic E-state index is 14.6. The number of halogens is 3. The number of hydrogen-bond donors (Lipinski definition) is 0. The van der Waals surface area contributed by atoms with Crippen molar-refractivity contribution in [2.45, 2.75) is 58.0 Å². The molecule has 32 heavy (non-hydrogen) atoms. The molecule has 0 aromatic heterocycles. The molecule has 2 rings (SSSR count). The van der Waals surface area contributed by atoms with E-state index in [0.717, 1.165) is 24.0 Å². The van der Waals surface area contributed by atoms with Crippen LogP contribution in [0.25, 0.3) is 0 Å². The van der Waals surface area contributed by atoms with E-state index in [4.69, 9.17) is 9.47 Å². The van der Waals surface area contributed by atoms with Crippen LogP contribution in [0.1, 0.15) is 55.9 Å². The predicted octanol–water partition coefficient (Wildman–Crippen LogP) is 7.59. The van der Waals surface area contributed by atoms with E-state index in [1.54, 1.807) is 36.4 Å². The number of hydrogen-bond acceptors (Lipinski definition) is 2. The normalized spacial score (nSPS) is 11.8. The fraction of sp³-hybridized carbons (Fsp3) is 0.407. The standard InChI is InChI=1S/C27H33F3O2/c1-6-10-20-18-22(12-14-24(20)31-16-8-3)26(5,27(28,29)30)23-13-15-25(32-17-9-4)21(19-23)11-7-2/h8-9,12-15,18-19H,3-4,6-7,10-11,16-17H2,1-2,5H3. The molecule has 0 atom stereocenters. The van der Waals surface area contributed by atoms with Crippen LogP contribution in [0.5, 0.6) is 11.5 Å². The van der Waals surface area contributed by atoms with E-state index in [-0.39, 0.29) is 11.1 Å². The van der Waals surface area contributed by atoms with Crippen molar-refractivity contribution in [3.63, 3.8) is 0 Å². The Morgan fingerprint density at radius 2 is 1.19 bits per heavy atom. The summed E-state index contributed by atoms with van der Waals surface area (Å²) < 4.78 is 55.2. The lowest BCUT2D eigenvalue weighted by Gasteiger charge is -2.34. The zero-order valence-corrected chi connectivity index (χ0v) is 19.2. The summed E-state index contributed by atoms with van der Waals surface area (Å²) in [5, 5.41) is 0. The fourth-order valence-corrected chi connectivity index (χ4v) is 3.78. The summed E-state index contributed by atoms with van der Waals surface area (Å²) in [6.45, 7) is 13.1. The number of rotatable bonds is 12. The van der Waals surface area contributed by atoms with Gasteiger partial charge in [-0.1, -0.05) is 76.3 Å². The van der Waals surface area contributed by atoms with E-state index in [9.17, 15) is 13.2 Å². The summed E-state index contributed by atoms with van der Waals surface area (Å²) in [5.41, 5.74) is -0.251. The first-order valence-electron chi connectivity index (χ1n) is 11.0. The van der Waals surface area contributed by atoms with E-state index in [0.29, 0.717) is 37.6 Å². The minimum Gasteiger partial charge on any atom is -0.489 e. The van der Waals surface area contributed by atoms with Gasteiger partial charge in [-0.2, -0.15) is 13.2 Å². The van der Waals surface area contributed by atoms with Crippen LogP contribution in [0, 0.1) is 0 Å². The molecule has 2 nitrogen and oxygen atoms in total. The molecule has 0 heterocycles. The van der Waals surface area contributed by atoms with Crippen molar-refractivity contribution in [3.8, 4) is 11.5 Å². The molecule has 2 aromatic rings. The zero-order valence-electron chi connectivity index (χ0n) is 19.2. The van der Waals surface area contributed by atoms with E-state index in [1.807, 2.05) is 13.8 Å².